The highest BCUT2D eigenvalue weighted by molar-refractivity contribution is 7.99. The van der Waals surface area contributed by atoms with Crippen molar-refractivity contribution in [3.05, 3.63) is 23.9 Å². The second-order valence-corrected chi connectivity index (χ2v) is 3.79. The van der Waals surface area contributed by atoms with Crippen LogP contribution in [0.4, 0.5) is 0 Å². The number of pyridine rings is 1. The van der Waals surface area contributed by atoms with E-state index in [9.17, 15) is 5.11 Å². The summed E-state index contributed by atoms with van der Waals surface area (Å²) in [5.41, 5.74) is 0.813. The molecule has 3 nitrogen and oxygen atoms in total. The first-order valence-corrected chi connectivity index (χ1v) is 5.10. The lowest BCUT2D eigenvalue weighted by molar-refractivity contribution is 0.198. The van der Waals surface area contributed by atoms with Crippen LogP contribution in [-0.4, -0.2) is 27.6 Å². The summed E-state index contributed by atoms with van der Waals surface area (Å²) in [6.07, 6.45) is 1.19. The molecule has 0 aliphatic heterocycles. The van der Waals surface area contributed by atoms with Crippen LogP contribution in [0.1, 0.15) is 18.6 Å². The molecule has 1 atom stereocenters. The summed E-state index contributed by atoms with van der Waals surface area (Å²) in [6.45, 7) is 1.86. The van der Waals surface area contributed by atoms with Gasteiger partial charge in [0.25, 0.3) is 0 Å². The summed E-state index contributed by atoms with van der Waals surface area (Å²) in [4.78, 5) is 4.13. The van der Waals surface area contributed by atoms with E-state index in [1.54, 1.807) is 13.1 Å². The molecule has 1 aromatic heterocycles. The lowest BCUT2D eigenvalue weighted by Gasteiger charge is -2.04. The van der Waals surface area contributed by atoms with Gasteiger partial charge < -0.3 is 10.2 Å². The summed E-state index contributed by atoms with van der Waals surface area (Å²) in [5.74, 6) is 0.654. The van der Waals surface area contributed by atoms with Crippen molar-refractivity contribution in [2.75, 3.05) is 12.4 Å². The highest BCUT2D eigenvalue weighted by atomic mass is 32.2. The molecule has 0 aromatic carbocycles. The number of hydrogen-bond donors (Lipinski definition) is 2. The van der Waals surface area contributed by atoms with Gasteiger partial charge in [0.05, 0.1) is 17.7 Å². The molecule has 0 bridgehead atoms. The SMILES string of the molecule is C[C@H](O)c1ccc(SCCO)nc1. The molecule has 0 fully saturated rings. The Morgan fingerprint density at radius 3 is 2.77 bits per heavy atom. The normalized spacial score (nSPS) is 12.8. The molecule has 2 N–H and O–H groups in total. The van der Waals surface area contributed by atoms with E-state index in [0.29, 0.717) is 5.75 Å². The van der Waals surface area contributed by atoms with Crippen LogP contribution in [0.3, 0.4) is 0 Å². The first-order valence-electron chi connectivity index (χ1n) is 4.11. The number of rotatable bonds is 4. The number of aliphatic hydroxyl groups is 2. The van der Waals surface area contributed by atoms with Crippen LogP contribution in [0.2, 0.25) is 0 Å². The van der Waals surface area contributed by atoms with Gasteiger partial charge in [0.2, 0.25) is 0 Å². The monoisotopic (exact) mass is 199 g/mol. The number of hydrogen-bond acceptors (Lipinski definition) is 4. The third kappa shape index (κ3) is 3.34. The Labute approximate surface area is 81.8 Å². The van der Waals surface area contributed by atoms with Gasteiger partial charge in [-0.2, -0.15) is 0 Å². The minimum atomic E-state index is -0.468. The van der Waals surface area contributed by atoms with Gasteiger partial charge in [0.15, 0.2) is 0 Å². The van der Waals surface area contributed by atoms with Crippen molar-refractivity contribution < 1.29 is 10.2 Å². The number of aliphatic hydroxyl groups excluding tert-OH is 2. The van der Waals surface area contributed by atoms with Gasteiger partial charge in [0, 0.05) is 11.9 Å². The van der Waals surface area contributed by atoms with E-state index >= 15 is 0 Å². The molecule has 1 rings (SSSR count). The van der Waals surface area contributed by atoms with Crippen molar-refractivity contribution in [1.82, 2.24) is 4.98 Å². The van der Waals surface area contributed by atoms with Gasteiger partial charge in [-0.25, -0.2) is 4.98 Å². The van der Waals surface area contributed by atoms with Crippen LogP contribution < -0.4 is 0 Å². The second kappa shape index (κ2) is 5.21. The predicted octanol–water partition coefficient (Wildman–Crippen LogP) is 1.22. The summed E-state index contributed by atoms with van der Waals surface area (Å²) < 4.78 is 0. The van der Waals surface area contributed by atoms with E-state index in [1.807, 2.05) is 12.1 Å². The Morgan fingerprint density at radius 2 is 2.31 bits per heavy atom. The summed E-state index contributed by atoms with van der Waals surface area (Å²) in [7, 11) is 0. The Hall–Kier alpha value is -0.580. The molecule has 0 saturated carbocycles. The molecule has 1 aromatic rings. The average molecular weight is 199 g/mol. The molecular weight excluding hydrogens is 186 g/mol. The standard InChI is InChI=1S/C9H13NO2S/c1-7(12)8-2-3-9(10-6-8)13-5-4-11/h2-3,6-7,11-12H,4-5H2,1H3/t7-/m0/s1. The van der Waals surface area contributed by atoms with Gasteiger partial charge >= 0.3 is 0 Å². The molecular formula is C9H13NO2S. The molecule has 13 heavy (non-hydrogen) atoms. The minimum absolute atomic E-state index is 0.157. The van der Waals surface area contributed by atoms with E-state index in [1.165, 1.54) is 11.8 Å². The molecule has 0 aliphatic rings. The topological polar surface area (TPSA) is 53.4 Å². The second-order valence-electron chi connectivity index (χ2n) is 2.68. The summed E-state index contributed by atoms with van der Waals surface area (Å²) >= 11 is 1.50. The van der Waals surface area contributed by atoms with Crippen molar-refractivity contribution in [3.63, 3.8) is 0 Å². The predicted molar refractivity (Wildman–Crippen MR) is 52.7 cm³/mol. The van der Waals surface area contributed by atoms with E-state index < -0.39 is 6.10 Å². The van der Waals surface area contributed by atoms with Crippen LogP contribution in [0.15, 0.2) is 23.4 Å². The van der Waals surface area contributed by atoms with Crippen LogP contribution in [0.25, 0.3) is 0 Å². The van der Waals surface area contributed by atoms with Crippen molar-refractivity contribution in [1.29, 1.82) is 0 Å². The van der Waals surface area contributed by atoms with Gasteiger partial charge in [-0.05, 0) is 18.6 Å². The van der Waals surface area contributed by atoms with E-state index in [-0.39, 0.29) is 6.61 Å². The molecule has 1 heterocycles. The maximum Gasteiger partial charge on any atom is 0.0960 e. The Balaban J connectivity index is 2.59. The van der Waals surface area contributed by atoms with E-state index in [0.717, 1.165) is 10.6 Å². The maximum atomic E-state index is 9.20. The minimum Gasteiger partial charge on any atom is -0.396 e. The van der Waals surface area contributed by atoms with Crippen LogP contribution >= 0.6 is 11.8 Å². The highest BCUT2D eigenvalue weighted by Crippen LogP contribution is 2.17. The summed E-state index contributed by atoms with van der Waals surface area (Å²) in [5, 5.41) is 18.7. The maximum absolute atomic E-state index is 9.20. The molecule has 0 unspecified atom stereocenters. The van der Waals surface area contributed by atoms with Crippen LogP contribution in [0.5, 0.6) is 0 Å². The lowest BCUT2D eigenvalue weighted by atomic mass is 10.2. The van der Waals surface area contributed by atoms with Gasteiger partial charge in [-0.15, -0.1) is 11.8 Å². The largest absolute Gasteiger partial charge is 0.396 e. The van der Waals surface area contributed by atoms with Gasteiger partial charge in [-0.3, -0.25) is 0 Å². The zero-order chi connectivity index (χ0) is 9.68. The number of aromatic nitrogens is 1. The molecule has 0 saturated heterocycles. The van der Waals surface area contributed by atoms with Gasteiger partial charge in [0.1, 0.15) is 0 Å². The van der Waals surface area contributed by atoms with Crippen molar-refractivity contribution in [2.24, 2.45) is 0 Å². The van der Waals surface area contributed by atoms with Crippen molar-refractivity contribution in [2.45, 2.75) is 18.1 Å². The molecule has 0 aliphatic carbocycles. The fourth-order valence-electron chi connectivity index (χ4n) is 0.874. The fraction of sp³-hybridized carbons (Fsp3) is 0.444. The molecule has 4 heteroatoms. The summed E-state index contributed by atoms with van der Waals surface area (Å²) in [6, 6.07) is 3.69. The zero-order valence-electron chi connectivity index (χ0n) is 7.47. The van der Waals surface area contributed by atoms with Crippen LogP contribution in [0, 0.1) is 0 Å². The first kappa shape index (κ1) is 10.5. The molecule has 0 spiro atoms. The highest BCUT2D eigenvalue weighted by Gasteiger charge is 2.00. The first-order chi connectivity index (χ1) is 6.24. The third-order valence-corrected chi connectivity index (χ3v) is 2.51. The third-order valence-electron chi connectivity index (χ3n) is 1.58. The van der Waals surface area contributed by atoms with Crippen molar-refractivity contribution in [3.8, 4) is 0 Å². The Bertz CT molecular complexity index is 248. The molecule has 0 radical (unpaired) electrons. The lowest BCUT2D eigenvalue weighted by Crippen LogP contribution is -1.93. The molecule has 72 valence electrons. The Morgan fingerprint density at radius 1 is 1.54 bits per heavy atom. The van der Waals surface area contributed by atoms with E-state index in [4.69, 9.17) is 5.11 Å². The molecule has 0 amide bonds. The average Bonchev–Trinajstić information content (AvgIpc) is 2.15. The van der Waals surface area contributed by atoms with Crippen molar-refractivity contribution >= 4 is 11.8 Å². The number of nitrogens with zero attached hydrogens (tertiary/aromatic N) is 1. The smallest absolute Gasteiger partial charge is 0.0960 e. The number of thioether (sulfide) groups is 1. The fourth-order valence-corrected chi connectivity index (χ4v) is 1.47. The van der Waals surface area contributed by atoms with Crippen LogP contribution in [-0.2, 0) is 0 Å². The van der Waals surface area contributed by atoms with Gasteiger partial charge in [-0.1, -0.05) is 6.07 Å². The zero-order valence-corrected chi connectivity index (χ0v) is 8.29. The van der Waals surface area contributed by atoms with E-state index in [2.05, 4.69) is 4.98 Å². The Kier molecular flexibility index (Phi) is 4.21. The quantitative estimate of drug-likeness (QED) is 0.716.